The van der Waals surface area contributed by atoms with Gasteiger partial charge >= 0.3 is 0 Å². The maximum Gasteiger partial charge on any atom is 0.0722 e. The van der Waals surface area contributed by atoms with Crippen molar-refractivity contribution in [1.29, 1.82) is 0 Å². The number of hydrogen-bond donors (Lipinski definition) is 1. The molecule has 0 amide bonds. The Balaban J connectivity index is 1.80. The number of rotatable bonds is 3. The van der Waals surface area contributed by atoms with E-state index in [0.29, 0.717) is 6.04 Å². The molecule has 1 atom stereocenters. The summed E-state index contributed by atoms with van der Waals surface area (Å²) in [5, 5.41) is 4.66. The van der Waals surface area contributed by atoms with Gasteiger partial charge in [-0.25, -0.2) is 0 Å². The highest BCUT2D eigenvalue weighted by molar-refractivity contribution is 5.91. The first kappa shape index (κ1) is 13.4. The van der Waals surface area contributed by atoms with Gasteiger partial charge in [0.15, 0.2) is 0 Å². The quantitative estimate of drug-likeness (QED) is 0.928. The summed E-state index contributed by atoms with van der Waals surface area (Å²) < 4.78 is 0. The predicted octanol–water partition coefficient (Wildman–Crippen LogP) is 3.06. The number of fused-ring (bicyclic) bond motifs is 1. The first-order valence-electron chi connectivity index (χ1n) is 7.55. The fourth-order valence-electron chi connectivity index (χ4n) is 3.23. The molecule has 3 nitrogen and oxygen atoms in total. The van der Waals surface area contributed by atoms with E-state index in [-0.39, 0.29) is 0 Å². The van der Waals surface area contributed by atoms with Crippen LogP contribution in [-0.2, 0) is 0 Å². The van der Waals surface area contributed by atoms with E-state index in [2.05, 4.69) is 59.5 Å². The first-order chi connectivity index (χ1) is 9.79. The van der Waals surface area contributed by atoms with E-state index < -0.39 is 0 Å². The molecular formula is C17H23N3. The van der Waals surface area contributed by atoms with Crippen molar-refractivity contribution in [2.24, 2.45) is 5.92 Å². The molecule has 0 spiro atoms. The van der Waals surface area contributed by atoms with Gasteiger partial charge in [-0.15, -0.1) is 0 Å². The third kappa shape index (κ3) is 2.50. The fourth-order valence-corrected chi connectivity index (χ4v) is 3.23. The molecule has 1 fully saturated rings. The number of benzene rings is 1. The lowest BCUT2D eigenvalue weighted by atomic mass is 9.90. The van der Waals surface area contributed by atoms with E-state index >= 15 is 0 Å². The Kier molecular flexibility index (Phi) is 3.88. The second kappa shape index (κ2) is 5.80. The summed E-state index contributed by atoms with van der Waals surface area (Å²) in [5.41, 5.74) is 2.43. The number of piperidine rings is 1. The van der Waals surface area contributed by atoms with Gasteiger partial charge in [0.05, 0.1) is 5.52 Å². The molecule has 106 valence electrons. The minimum Gasteiger partial charge on any atom is -0.371 e. The van der Waals surface area contributed by atoms with Crippen LogP contribution in [0.15, 0.2) is 36.5 Å². The highest BCUT2D eigenvalue weighted by atomic mass is 15.1. The average Bonchev–Trinajstić information content (AvgIpc) is 2.54. The standard InChI is InChI=1S/C17H23N3/c1-13(18-2)14-8-11-20(12-9-14)17-7-10-19-16-6-4-3-5-15(16)17/h3-7,10,13-14,18H,8-9,11-12H2,1-2H3. The number of nitrogens with one attached hydrogen (secondary N) is 1. The van der Waals surface area contributed by atoms with E-state index in [4.69, 9.17) is 0 Å². The van der Waals surface area contributed by atoms with Crippen LogP contribution in [0.1, 0.15) is 19.8 Å². The second-order valence-corrected chi connectivity index (χ2v) is 5.75. The lowest BCUT2D eigenvalue weighted by Crippen LogP contribution is -2.41. The van der Waals surface area contributed by atoms with Crippen molar-refractivity contribution in [3.05, 3.63) is 36.5 Å². The van der Waals surface area contributed by atoms with Gasteiger partial charge in [0.1, 0.15) is 0 Å². The molecule has 1 aliphatic rings. The first-order valence-corrected chi connectivity index (χ1v) is 7.55. The Hall–Kier alpha value is -1.61. The van der Waals surface area contributed by atoms with Crippen molar-refractivity contribution < 1.29 is 0 Å². The summed E-state index contributed by atoms with van der Waals surface area (Å²) >= 11 is 0. The monoisotopic (exact) mass is 269 g/mol. The van der Waals surface area contributed by atoms with E-state index in [0.717, 1.165) is 24.5 Å². The van der Waals surface area contributed by atoms with Crippen molar-refractivity contribution in [2.45, 2.75) is 25.8 Å². The van der Waals surface area contributed by atoms with Crippen molar-refractivity contribution in [3.63, 3.8) is 0 Å². The van der Waals surface area contributed by atoms with E-state index in [9.17, 15) is 0 Å². The predicted molar refractivity (Wildman–Crippen MR) is 85.2 cm³/mol. The fraction of sp³-hybridized carbons (Fsp3) is 0.471. The van der Waals surface area contributed by atoms with E-state index in [1.165, 1.54) is 23.9 Å². The molecule has 20 heavy (non-hydrogen) atoms. The molecule has 0 saturated carbocycles. The maximum atomic E-state index is 4.46. The maximum absolute atomic E-state index is 4.46. The Bertz CT molecular complexity index is 568. The van der Waals surface area contributed by atoms with Crippen LogP contribution < -0.4 is 10.2 Å². The van der Waals surface area contributed by atoms with Crippen LogP contribution in [0.25, 0.3) is 10.9 Å². The average molecular weight is 269 g/mol. The minimum absolute atomic E-state index is 0.617. The molecule has 1 aliphatic heterocycles. The summed E-state index contributed by atoms with van der Waals surface area (Å²) in [6.07, 6.45) is 4.46. The molecule has 0 bridgehead atoms. The van der Waals surface area contributed by atoms with Crippen molar-refractivity contribution >= 4 is 16.6 Å². The van der Waals surface area contributed by atoms with Crippen molar-refractivity contribution in [2.75, 3.05) is 25.0 Å². The lowest BCUT2D eigenvalue weighted by Gasteiger charge is -2.36. The molecule has 0 aliphatic carbocycles. The van der Waals surface area contributed by atoms with Crippen LogP contribution in [0.2, 0.25) is 0 Å². The van der Waals surface area contributed by atoms with Crippen LogP contribution in [0.4, 0.5) is 5.69 Å². The number of nitrogens with zero attached hydrogens (tertiary/aromatic N) is 2. The molecule has 3 rings (SSSR count). The lowest BCUT2D eigenvalue weighted by molar-refractivity contribution is 0.324. The highest BCUT2D eigenvalue weighted by Crippen LogP contribution is 2.29. The van der Waals surface area contributed by atoms with E-state index in [1.807, 2.05) is 6.20 Å². The molecule has 1 unspecified atom stereocenters. The van der Waals surface area contributed by atoms with Gasteiger partial charge in [-0.1, -0.05) is 18.2 Å². The Morgan fingerprint density at radius 3 is 2.70 bits per heavy atom. The van der Waals surface area contributed by atoms with Crippen LogP contribution in [0, 0.1) is 5.92 Å². The van der Waals surface area contributed by atoms with Gasteiger partial charge in [0.2, 0.25) is 0 Å². The third-order valence-corrected chi connectivity index (χ3v) is 4.67. The summed E-state index contributed by atoms with van der Waals surface area (Å²) in [6, 6.07) is 11.2. The van der Waals surface area contributed by atoms with Gasteiger partial charge < -0.3 is 10.2 Å². The normalized spacial score (nSPS) is 18.4. The molecule has 3 heteroatoms. The molecule has 1 aromatic heterocycles. The molecule has 1 N–H and O–H groups in total. The van der Waals surface area contributed by atoms with Gasteiger partial charge in [-0.3, -0.25) is 4.98 Å². The number of para-hydroxylation sites is 1. The Morgan fingerprint density at radius 2 is 1.95 bits per heavy atom. The molecule has 2 aromatic rings. The topological polar surface area (TPSA) is 28.2 Å². The van der Waals surface area contributed by atoms with Gasteiger partial charge in [0, 0.05) is 36.4 Å². The summed E-state index contributed by atoms with van der Waals surface area (Å²) in [6.45, 7) is 4.58. The number of hydrogen-bond acceptors (Lipinski definition) is 3. The highest BCUT2D eigenvalue weighted by Gasteiger charge is 2.23. The summed E-state index contributed by atoms with van der Waals surface area (Å²) in [4.78, 5) is 6.97. The molecule has 1 saturated heterocycles. The zero-order chi connectivity index (χ0) is 13.9. The molecule has 0 radical (unpaired) electrons. The Labute approximate surface area is 121 Å². The zero-order valence-corrected chi connectivity index (χ0v) is 12.3. The minimum atomic E-state index is 0.617. The van der Waals surface area contributed by atoms with Crippen LogP contribution in [-0.4, -0.2) is 31.2 Å². The molecule has 1 aromatic carbocycles. The smallest absolute Gasteiger partial charge is 0.0722 e. The van der Waals surface area contributed by atoms with Crippen LogP contribution in [0.5, 0.6) is 0 Å². The molecule has 2 heterocycles. The van der Waals surface area contributed by atoms with Gasteiger partial charge in [-0.2, -0.15) is 0 Å². The Morgan fingerprint density at radius 1 is 1.20 bits per heavy atom. The SMILES string of the molecule is CNC(C)C1CCN(c2ccnc3ccccc23)CC1. The largest absolute Gasteiger partial charge is 0.371 e. The van der Waals surface area contributed by atoms with Crippen molar-refractivity contribution in [3.8, 4) is 0 Å². The number of anilines is 1. The van der Waals surface area contributed by atoms with Crippen molar-refractivity contribution in [1.82, 2.24) is 10.3 Å². The van der Waals surface area contributed by atoms with Gasteiger partial charge in [0.25, 0.3) is 0 Å². The molecular weight excluding hydrogens is 246 g/mol. The number of aromatic nitrogens is 1. The zero-order valence-electron chi connectivity index (χ0n) is 12.3. The number of pyridine rings is 1. The third-order valence-electron chi connectivity index (χ3n) is 4.67. The van der Waals surface area contributed by atoms with Crippen LogP contribution in [0.3, 0.4) is 0 Å². The summed E-state index contributed by atoms with van der Waals surface area (Å²) in [7, 11) is 2.06. The van der Waals surface area contributed by atoms with Crippen LogP contribution >= 0.6 is 0 Å². The second-order valence-electron chi connectivity index (χ2n) is 5.75. The summed E-state index contributed by atoms with van der Waals surface area (Å²) in [5.74, 6) is 0.796. The van der Waals surface area contributed by atoms with Gasteiger partial charge in [-0.05, 0) is 44.9 Å². The van der Waals surface area contributed by atoms with E-state index in [1.54, 1.807) is 0 Å².